The average molecular weight is 248 g/mol. The van der Waals surface area contributed by atoms with E-state index in [1.165, 1.54) is 11.8 Å². The van der Waals surface area contributed by atoms with E-state index < -0.39 is 0 Å². The molecule has 0 N–H and O–H groups in total. The molecule has 0 atom stereocenters. The Labute approximate surface area is 88.7 Å². The molecule has 0 fully saturated rings. The number of oxazole rings is 1. The summed E-state index contributed by atoms with van der Waals surface area (Å²) in [6.07, 6.45) is 1.48. The molecule has 0 unspecified atom stereocenters. The molecular formula is C11H6BrNO. The number of hydrogen-bond acceptors (Lipinski definition) is 2. The largest absolute Gasteiger partial charge is 0.443 e. The van der Waals surface area contributed by atoms with Crippen molar-refractivity contribution < 1.29 is 4.42 Å². The molecule has 68 valence electrons. The van der Waals surface area contributed by atoms with E-state index in [9.17, 15) is 0 Å². The van der Waals surface area contributed by atoms with Crippen LogP contribution in [0.25, 0.3) is 21.9 Å². The van der Waals surface area contributed by atoms with Crippen LogP contribution in [0.1, 0.15) is 0 Å². The Kier molecular flexibility index (Phi) is 1.61. The van der Waals surface area contributed by atoms with Gasteiger partial charge in [0.1, 0.15) is 5.52 Å². The smallest absolute Gasteiger partial charge is 0.182 e. The molecule has 2 aromatic carbocycles. The highest BCUT2D eigenvalue weighted by Gasteiger charge is 2.03. The van der Waals surface area contributed by atoms with Crippen LogP contribution < -0.4 is 0 Å². The van der Waals surface area contributed by atoms with E-state index in [1.54, 1.807) is 0 Å². The Morgan fingerprint density at radius 1 is 1.14 bits per heavy atom. The van der Waals surface area contributed by atoms with Gasteiger partial charge in [-0.05, 0) is 23.6 Å². The van der Waals surface area contributed by atoms with Gasteiger partial charge >= 0.3 is 0 Å². The quantitative estimate of drug-likeness (QED) is 0.605. The number of halogens is 1. The lowest BCUT2D eigenvalue weighted by atomic mass is 10.1. The predicted molar refractivity (Wildman–Crippen MR) is 59.2 cm³/mol. The van der Waals surface area contributed by atoms with Gasteiger partial charge in [0.2, 0.25) is 0 Å². The third-order valence-electron chi connectivity index (χ3n) is 2.28. The summed E-state index contributed by atoms with van der Waals surface area (Å²) in [6.45, 7) is 0. The van der Waals surface area contributed by atoms with Crippen LogP contribution in [-0.4, -0.2) is 4.98 Å². The Morgan fingerprint density at radius 2 is 2.07 bits per heavy atom. The third kappa shape index (κ3) is 1.06. The van der Waals surface area contributed by atoms with E-state index >= 15 is 0 Å². The third-order valence-corrected chi connectivity index (χ3v) is 2.77. The maximum Gasteiger partial charge on any atom is 0.182 e. The molecule has 0 aliphatic rings. The van der Waals surface area contributed by atoms with Crippen LogP contribution in [0.2, 0.25) is 0 Å². The second-order valence-corrected chi connectivity index (χ2v) is 4.05. The van der Waals surface area contributed by atoms with Crippen LogP contribution in [-0.2, 0) is 0 Å². The van der Waals surface area contributed by atoms with Gasteiger partial charge in [0.05, 0.1) is 0 Å². The Hall–Kier alpha value is -1.35. The van der Waals surface area contributed by atoms with Gasteiger partial charge in [-0.15, -0.1) is 0 Å². The summed E-state index contributed by atoms with van der Waals surface area (Å²) in [4.78, 5) is 4.19. The molecule has 1 heterocycles. The summed E-state index contributed by atoms with van der Waals surface area (Å²) < 4.78 is 6.31. The van der Waals surface area contributed by atoms with Crippen molar-refractivity contribution in [1.29, 1.82) is 0 Å². The zero-order chi connectivity index (χ0) is 9.54. The topological polar surface area (TPSA) is 26.0 Å². The number of nitrogens with zero attached hydrogens (tertiary/aromatic N) is 1. The van der Waals surface area contributed by atoms with Crippen LogP contribution in [0.5, 0.6) is 0 Å². The van der Waals surface area contributed by atoms with Crippen molar-refractivity contribution in [3.05, 3.63) is 41.2 Å². The van der Waals surface area contributed by atoms with Gasteiger partial charge < -0.3 is 4.42 Å². The Morgan fingerprint density at radius 3 is 3.00 bits per heavy atom. The van der Waals surface area contributed by atoms with Gasteiger partial charge in [0.15, 0.2) is 12.0 Å². The van der Waals surface area contributed by atoms with Crippen molar-refractivity contribution in [1.82, 2.24) is 4.98 Å². The fourth-order valence-electron chi connectivity index (χ4n) is 1.63. The summed E-state index contributed by atoms with van der Waals surface area (Å²) in [7, 11) is 0. The lowest BCUT2D eigenvalue weighted by Gasteiger charge is -1.98. The zero-order valence-electron chi connectivity index (χ0n) is 7.20. The first-order valence-corrected chi connectivity index (χ1v) is 5.05. The lowest BCUT2D eigenvalue weighted by molar-refractivity contribution is 0.602. The molecule has 0 radical (unpaired) electrons. The fraction of sp³-hybridized carbons (Fsp3) is 0. The number of benzene rings is 2. The molecule has 3 aromatic rings. The highest BCUT2D eigenvalue weighted by Crippen LogP contribution is 2.26. The molecule has 0 saturated heterocycles. The van der Waals surface area contributed by atoms with Gasteiger partial charge in [-0.25, -0.2) is 4.98 Å². The molecule has 0 aliphatic heterocycles. The summed E-state index contributed by atoms with van der Waals surface area (Å²) in [6, 6.07) is 10.1. The van der Waals surface area contributed by atoms with Crippen molar-refractivity contribution in [3.8, 4) is 0 Å². The Balaban J connectivity index is 2.57. The van der Waals surface area contributed by atoms with Crippen LogP contribution in [0.4, 0.5) is 0 Å². The van der Waals surface area contributed by atoms with Gasteiger partial charge in [-0.3, -0.25) is 0 Å². The first-order chi connectivity index (χ1) is 6.84. The van der Waals surface area contributed by atoms with E-state index in [0.717, 1.165) is 21.0 Å². The molecule has 1 aromatic heterocycles. The summed E-state index contributed by atoms with van der Waals surface area (Å²) in [5, 5.41) is 2.29. The monoisotopic (exact) mass is 247 g/mol. The van der Waals surface area contributed by atoms with Crippen molar-refractivity contribution in [3.63, 3.8) is 0 Å². The summed E-state index contributed by atoms with van der Waals surface area (Å²) >= 11 is 3.44. The van der Waals surface area contributed by atoms with Crippen molar-refractivity contribution in [2.45, 2.75) is 0 Å². The molecule has 0 aliphatic carbocycles. The van der Waals surface area contributed by atoms with Crippen LogP contribution in [0.3, 0.4) is 0 Å². The van der Waals surface area contributed by atoms with Gasteiger partial charge in [-0.1, -0.05) is 28.1 Å². The van der Waals surface area contributed by atoms with Gasteiger partial charge in [-0.2, -0.15) is 0 Å². The van der Waals surface area contributed by atoms with E-state index in [1.807, 2.05) is 24.3 Å². The zero-order valence-corrected chi connectivity index (χ0v) is 8.78. The molecule has 0 spiro atoms. The molecule has 3 heteroatoms. The van der Waals surface area contributed by atoms with Gasteiger partial charge in [0, 0.05) is 9.86 Å². The lowest BCUT2D eigenvalue weighted by Crippen LogP contribution is -1.75. The molecular weight excluding hydrogens is 242 g/mol. The second-order valence-electron chi connectivity index (χ2n) is 3.13. The van der Waals surface area contributed by atoms with Crippen LogP contribution in [0.15, 0.2) is 45.6 Å². The van der Waals surface area contributed by atoms with Crippen molar-refractivity contribution in [2.24, 2.45) is 0 Å². The summed E-state index contributed by atoms with van der Waals surface area (Å²) in [5.41, 5.74) is 1.76. The molecule has 0 saturated carbocycles. The standard InChI is InChI=1S/C11H6BrNO/c12-8-2-3-9-7(5-8)1-4-10-11(9)13-6-14-10/h1-6H. The van der Waals surface area contributed by atoms with Crippen LogP contribution >= 0.6 is 15.9 Å². The second kappa shape index (κ2) is 2.82. The average Bonchev–Trinajstić information content (AvgIpc) is 2.65. The molecule has 0 amide bonds. The van der Waals surface area contributed by atoms with Gasteiger partial charge in [0.25, 0.3) is 0 Å². The van der Waals surface area contributed by atoms with E-state index in [2.05, 4.69) is 27.0 Å². The number of hydrogen-bond donors (Lipinski definition) is 0. The minimum Gasteiger partial charge on any atom is -0.443 e. The fourth-order valence-corrected chi connectivity index (χ4v) is 2.01. The molecule has 2 nitrogen and oxygen atoms in total. The van der Waals surface area contributed by atoms with E-state index in [-0.39, 0.29) is 0 Å². The summed E-state index contributed by atoms with van der Waals surface area (Å²) in [5.74, 6) is 0. The van der Waals surface area contributed by atoms with Crippen LogP contribution in [0, 0.1) is 0 Å². The minimum atomic E-state index is 0.833. The first kappa shape index (κ1) is 8.00. The first-order valence-electron chi connectivity index (χ1n) is 4.26. The number of fused-ring (bicyclic) bond motifs is 3. The molecule has 0 bridgehead atoms. The maximum atomic E-state index is 5.23. The Bertz CT molecular complexity index is 615. The van der Waals surface area contributed by atoms with E-state index in [0.29, 0.717) is 0 Å². The van der Waals surface area contributed by atoms with Crippen molar-refractivity contribution >= 4 is 37.8 Å². The normalized spacial score (nSPS) is 11.2. The van der Waals surface area contributed by atoms with Crippen molar-refractivity contribution in [2.75, 3.05) is 0 Å². The maximum absolute atomic E-state index is 5.23. The number of rotatable bonds is 0. The highest BCUT2D eigenvalue weighted by molar-refractivity contribution is 9.10. The SMILES string of the molecule is Brc1ccc2c(ccc3ocnc32)c1. The molecule has 14 heavy (non-hydrogen) atoms. The highest BCUT2D eigenvalue weighted by atomic mass is 79.9. The molecule has 3 rings (SSSR count). The number of aromatic nitrogens is 1. The minimum absolute atomic E-state index is 0.833. The van der Waals surface area contributed by atoms with E-state index in [4.69, 9.17) is 4.42 Å². The predicted octanol–water partition coefficient (Wildman–Crippen LogP) is 3.74.